The average molecular weight is 393 g/mol. The van der Waals surface area contributed by atoms with Crippen LogP contribution in [0.1, 0.15) is 21.7 Å². The first-order valence-electron chi connectivity index (χ1n) is 8.55. The summed E-state index contributed by atoms with van der Waals surface area (Å²) in [6.07, 6.45) is 0. The number of aryl methyl sites for hydroxylation is 2. The van der Waals surface area contributed by atoms with Gasteiger partial charge in [0.2, 0.25) is 5.91 Å². The molecule has 0 aliphatic carbocycles. The summed E-state index contributed by atoms with van der Waals surface area (Å²) in [5.41, 5.74) is 2.22. The number of rotatable bonds is 2. The van der Waals surface area contributed by atoms with E-state index in [0.717, 1.165) is 24.6 Å². The predicted octanol–water partition coefficient (Wildman–Crippen LogP) is 1.93. The molecule has 9 heteroatoms. The molecule has 2 amide bonds. The van der Waals surface area contributed by atoms with Crippen molar-refractivity contribution < 1.29 is 14.1 Å². The molecule has 1 unspecified atom stereocenters. The molecule has 26 heavy (non-hydrogen) atoms. The molecule has 0 saturated carbocycles. The highest BCUT2D eigenvalue weighted by Crippen LogP contribution is 2.29. The van der Waals surface area contributed by atoms with Gasteiger partial charge in [-0.25, -0.2) is 4.98 Å². The van der Waals surface area contributed by atoms with Gasteiger partial charge in [0.15, 0.2) is 0 Å². The van der Waals surface area contributed by atoms with Crippen molar-refractivity contribution in [3.05, 3.63) is 23.0 Å². The van der Waals surface area contributed by atoms with Crippen LogP contribution in [0.25, 0.3) is 11.1 Å². The van der Waals surface area contributed by atoms with Crippen LogP contribution in [0.2, 0.25) is 0 Å². The first-order chi connectivity index (χ1) is 12.6. The van der Waals surface area contributed by atoms with Crippen LogP contribution < -0.4 is 0 Å². The van der Waals surface area contributed by atoms with Crippen molar-refractivity contribution in [3.63, 3.8) is 0 Å². The van der Waals surface area contributed by atoms with E-state index in [2.05, 4.69) is 10.1 Å². The fourth-order valence-electron chi connectivity index (χ4n) is 3.38. The molecular formula is C17H20N4O3S2. The first-order valence-corrected chi connectivity index (χ1v) is 10.9. The van der Waals surface area contributed by atoms with Crippen LogP contribution in [0.3, 0.4) is 0 Å². The monoisotopic (exact) mass is 392 g/mol. The predicted molar refractivity (Wildman–Crippen MR) is 102 cm³/mol. The van der Waals surface area contributed by atoms with Crippen LogP contribution in [-0.4, -0.2) is 74.0 Å². The lowest BCUT2D eigenvalue weighted by molar-refractivity contribution is -0.134. The van der Waals surface area contributed by atoms with E-state index < -0.39 is 6.04 Å². The van der Waals surface area contributed by atoms with Gasteiger partial charge in [0, 0.05) is 36.0 Å². The van der Waals surface area contributed by atoms with E-state index in [-0.39, 0.29) is 11.8 Å². The Morgan fingerprint density at radius 3 is 2.77 bits per heavy atom. The second-order valence-electron chi connectivity index (χ2n) is 6.49. The normalized spacial score (nSPS) is 20.8. The van der Waals surface area contributed by atoms with Crippen LogP contribution in [0, 0.1) is 13.8 Å². The minimum atomic E-state index is -0.403. The number of pyridine rings is 1. The molecule has 138 valence electrons. The number of amides is 2. The Kier molecular flexibility index (Phi) is 4.83. The Labute approximate surface area is 159 Å². The minimum Gasteiger partial charge on any atom is -0.339 e. The highest BCUT2D eigenvalue weighted by atomic mass is 32.2. The van der Waals surface area contributed by atoms with Crippen LogP contribution in [-0.2, 0) is 4.79 Å². The summed E-state index contributed by atoms with van der Waals surface area (Å²) in [5.74, 6) is 3.00. The summed E-state index contributed by atoms with van der Waals surface area (Å²) < 4.78 is 5.24. The molecule has 2 aliphatic heterocycles. The van der Waals surface area contributed by atoms with E-state index in [0.29, 0.717) is 39.7 Å². The molecule has 4 rings (SSSR count). The van der Waals surface area contributed by atoms with E-state index in [9.17, 15) is 9.59 Å². The van der Waals surface area contributed by atoms with E-state index in [1.807, 2.05) is 23.6 Å². The Bertz CT molecular complexity index is 863. The smallest absolute Gasteiger partial charge is 0.258 e. The maximum atomic E-state index is 13.3. The Morgan fingerprint density at radius 2 is 2.00 bits per heavy atom. The highest BCUT2D eigenvalue weighted by Gasteiger charge is 2.38. The van der Waals surface area contributed by atoms with Gasteiger partial charge in [-0.15, -0.1) is 11.8 Å². The fourth-order valence-corrected chi connectivity index (χ4v) is 5.43. The third-order valence-electron chi connectivity index (χ3n) is 4.73. The van der Waals surface area contributed by atoms with Crippen molar-refractivity contribution in [1.82, 2.24) is 19.9 Å². The number of nitrogens with zero attached hydrogens (tertiary/aromatic N) is 4. The second-order valence-corrected chi connectivity index (χ2v) is 8.71. The van der Waals surface area contributed by atoms with Gasteiger partial charge < -0.3 is 14.3 Å². The summed E-state index contributed by atoms with van der Waals surface area (Å²) in [4.78, 5) is 34.2. The van der Waals surface area contributed by atoms with Gasteiger partial charge in [-0.3, -0.25) is 9.59 Å². The van der Waals surface area contributed by atoms with Gasteiger partial charge in [-0.05, 0) is 19.9 Å². The molecule has 0 N–H and O–H groups in total. The van der Waals surface area contributed by atoms with E-state index >= 15 is 0 Å². The molecule has 2 aromatic heterocycles. The van der Waals surface area contributed by atoms with Crippen molar-refractivity contribution in [1.29, 1.82) is 0 Å². The lowest BCUT2D eigenvalue weighted by Crippen LogP contribution is -2.51. The maximum absolute atomic E-state index is 13.3. The summed E-state index contributed by atoms with van der Waals surface area (Å²) >= 11 is 3.48. The number of hydrogen-bond acceptors (Lipinski definition) is 7. The number of carbonyl (C=O) groups excluding carboxylic acids is 2. The number of hydrogen-bond donors (Lipinski definition) is 0. The maximum Gasteiger partial charge on any atom is 0.258 e. The number of fused-ring (bicyclic) bond motifs is 1. The van der Waals surface area contributed by atoms with Gasteiger partial charge in [0.25, 0.3) is 11.6 Å². The van der Waals surface area contributed by atoms with Gasteiger partial charge in [-0.2, -0.15) is 11.8 Å². The molecule has 0 bridgehead atoms. The van der Waals surface area contributed by atoms with Crippen LogP contribution in [0.4, 0.5) is 0 Å². The highest BCUT2D eigenvalue weighted by molar-refractivity contribution is 7.99. The third kappa shape index (κ3) is 3.07. The summed E-state index contributed by atoms with van der Waals surface area (Å²) in [5, 5.41) is 4.58. The van der Waals surface area contributed by atoms with Crippen molar-refractivity contribution in [2.75, 3.05) is 36.2 Å². The zero-order chi connectivity index (χ0) is 18.3. The molecule has 2 aliphatic rings. The molecule has 4 heterocycles. The second kappa shape index (κ2) is 7.11. The minimum absolute atomic E-state index is 0.0627. The lowest BCUT2D eigenvalue weighted by Gasteiger charge is -2.32. The van der Waals surface area contributed by atoms with E-state index in [4.69, 9.17) is 4.52 Å². The van der Waals surface area contributed by atoms with Crippen molar-refractivity contribution in [2.24, 2.45) is 0 Å². The van der Waals surface area contributed by atoms with Gasteiger partial charge in [0.05, 0.1) is 22.5 Å². The molecule has 7 nitrogen and oxygen atoms in total. The van der Waals surface area contributed by atoms with Gasteiger partial charge in [0.1, 0.15) is 6.04 Å². The zero-order valence-electron chi connectivity index (χ0n) is 14.7. The number of carbonyl (C=O) groups is 2. The van der Waals surface area contributed by atoms with Crippen molar-refractivity contribution in [3.8, 4) is 0 Å². The van der Waals surface area contributed by atoms with Crippen LogP contribution >= 0.6 is 23.5 Å². The Morgan fingerprint density at radius 1 is 1.23 bits per heavy atom. The van der Waals surface area contributed by atoms with Crippen LogP contribution in [0.15, 0.2) is 10.6 Å². The molecule has 0 aromatic carbocycles. The number of thioether (sulfide) groups is 2. The number of aromatic nitrogens is 2. The summed E-state index contributed by atoms with van der Waals surface area (Å²) in [6, 6.07) is 1.36. The molecule has 0 spiro atoms. The van der Waals surface area contributed by atoms with Gasteiger partial charge in [-0.1, -0.05) is 5.16 Å². The lowest BCUT2D eigenvalue weighted by atomic mass is 10.1. The van der Waals surface area contributed by atoms with E-state index in [1.54, 1.807) is 29.7 Å². The first kappa shape index (κ1) is 17.7. The topological polar surface area (TPSA) is 79.5 Å². The zero-order valence-corrected chi connectivity index (χ0v) is 16.4. The SMILES string of the molecule is Cc1cc(C(=O)N2CSCC2C(=O)N2CCSCC2)c2c(C)noc2n1. The largest absolute Gasteiger partial charge is 0.339 e. The van der Waals surface area contributed by atoms with Crippen LogP contribution in [0.5, 0.6) is 0 Å². The summed E-state index contributed by atoms with van der Waals surface area (Å²) in [7, 11) is 0. The standard InChI is InChI=1S/C17H20N4O3S2/c1-10-7-12(14-11(2)19-24-15(14)18-10)16(22)21-9-26-8-13(21)17(23)20-3-5-25-6-4-20/h7,13H,3-6,8-9H2,1-2H3. The van der Waals surface area contributed by atoms with E-state index in [1.165, 1.54) is 0 Å². The third-order valence-corrected chi connectivity index (χ3v) is 6.68. The van der Waals surface area contributed by atoms with Crippen molar-refractivity contribution >= 4 is 46.4 Å². The Hall–Kier alpha value is -1.74. The molecule has 1 atom stereocenters. The molecule has 0 radical (unpaired) electrons. The Balaban J connectivity index is 1.65. The molecule has 2 saturated heterocycles. The average Bonchev–Trinajstić information content (AvgIpc) is 3.28. The summed E-state index contributed by atoms with van der Waals surface area (Å²) in [6.45, 7) is 5.14. The molecule has 2 fully saturated rings. The molecular weight excluding hydrogens is 372 g/mol. The quantitative estimate of drug-likeness (QED) is 0.772. The van der Waals surface area contributed by atoms with Gasteiger partial charge >= 0.3 is 0 Å². The molecule has 2 aromatic rings. The fraction of sp³-hybridized carbons (Fsp3) is 0.529. The van der Waals surface area contributed by atoms with Crippen molar-refractivity contribution in [2.45, 2.75) is 19.9 Å².